The molecule has 70 valence electrons. The molecule has 2 N–H and O–H groups in total. The first kappa shape index (κ1) is 10.4. The molecule has 1 aromatic rings. The predicted molar refractivity (Wildman–Crippen MR) is 60.0 cm³/mol. The van der Waals surface area contributed by atoms with Crippen LogP contribution in [0.2, 0.25) is 0 Å². The summed E-state index contributed by atoms with van der Waals surface area (Å²) < 4.78 is 0. The highest BCUT2D eigenvalue weighted by Gasteiger charge is 2.07. The van der Waals surface area contributed by atoms with Crippen molar-refractivity contribution in [2.45, 2.75) is 17.4 Å². The summed E-state index contributed by atoms with van der Waals surface area (Å²) in [5.74, 6) is 0. The zero-order valence-corrected chi connectivity index (χ0v) is 8.68. The summed E-state index contributed by atoms with van der Waals surface area (Å²) in [5.41, 5.74) is 7.21. The fraction of sp³-hybridized carbons (Fsp3) is 0.273. The van der Waals surface area contributed by atoms with Crippen molar-refractivity contribution in [2.24, 2.45) is 5.73 Å². The van der Waals surface area contributed by atoms with E-state index in [2.05, 4.69) is 25.0 Å². The minimum Gasteiger partial charge on any atom is -0.324 e. The average molecular weight is 193 g/mol. The van der Waals surface area contributed by atoms with E-state index < -0.39 is 0 Å². The van der Waals surface area contributed by atoms with Crippen LogP contribution in [0.4, 0.5) is 0 Å². The number of nitrogens with two attached hydrogens (primary N) is 1. The Morgan fingerprint density at radius 3 is 2.85 bits per heavy atom. The number of hydrogen-bond acceptors (Lipinski definition) is 2. The first-order valence-electron chi connectivity index (χ1n) is 4.29. The summed E-state index contributed by atoms with van der Waals surface area (Å²) in [6, 6.07) is 8.33. The van der Waals surface area contributed by atoms with E-state index in [1.165, 1.54) is 10.5 Å². The van der Waals surface area contributed by atoms with Crippen molar-refractivity contribution < 1.29 is 0 Å². The first-order valence-corrected chi connectivity index (χ1v) is 5.51. The predicted octanol–water partition coefficient (Wildman–Crippen LogP) is 2.98. The molecule has 0 aliphatic rings. The summed E-state index contributed by atoms with van der Waals surface area (Å²) in [6.07, 6.45) is 4.76. The van der Waals surface area contributed by atoms with Crippen LogP contribution in [-0.2, 0) is 0 Å². The zero-order chi connectivity index (χ0) is 9.68. The molecule has 0 saturated carbocycles. The van der Waals surface area contributed by atoms with E-state index >= 15 is 0 Å². The Morgan fingerprint density at radius 2 is 2.23 bits per heavy atom. The zero-order valence-electron chi connectivity index (χ0n) is 7.86. The highest BCUT2D eigenvalue weighted by atomic mass is 32.2. The molecule has 0 amide bonds. The molecule has 0 bridgehead atoms. The van der Waals surface area contributed by atoms with Crippen molar-refractivity contribution in [3.8, 4) is 0 Å². The molecule has 0 aliphatic carbocycles. The molecule has 1 rings (SSSR count). The van der Waals surface area contributed by atoms with Gasteiger partial charge in [-0.25, -0.2) is 0 Å². The third-order valence-electron chi connectivity index (χ3n) is 1.96. The lowest BCUT2D eigenvalue weighted by Crippen LogP contribution is -2.09. The van der Waals surface area contributed by atoms with E-state index in [1.54, 1.807) is 11.8 Å². The highest BCUT2D eigenvalue weighted by Crippen LogP contribution is 2.25. The van der Waals surface area contributed by atoms with Crippen LogP contribution in [0.15, 0.2) is 41.8 Å². The Kier molecular flexibility index (Phi) is 4.06. The van der Waals surface area contributed by atoms with Gasteiger partial charge in [-0.3, -0.25) is 0 Å². The van der Waals surface area contributed by atoms with E-state index in [4.69, 9.17) is 5.73 Å². The van der Waals surface area contributed by atoms with Crippen LogP contribution in [0.25, 0.3) is 0 Å². The van der Waals surface area contributed by atoms with E-state index in [-0.39, 0.29) is 6.04 Å². The summed E-state index contributed by atoms with van der Waals surface area (Å²) in [5, 5.41) is 0. The minimum atomic E-state index is 0.0844. The standard InChI is InChI=1S/C11H15NS/c1-3-6-10(12)9-7-4-5-8-11(9)13-2/h3-5,7-8,10H,1,6,12H2,2H3/t10-/m1/s1. The number of hydrogen-bond donors (Lipinski definition) is 1. The van der Waals surface area contributed by atoms with Gasteiger partial charge in [0.25, 0.3) is 0 Å². The van der Waals surface area contributed by atoms with Gasteiger partial charge in [-0.05, 0) is 24.3 Å². The highest BCUT2D eigenvalue weighted by molar-refractivity contribution is 7.98. The van der Waals surface area contributed by atoms with Gasteiger partial charge in [0.15, 0.2) is 0 Å². The van der Waals surface area contributed by atoms with Gasteiger partial charge in [-0.15, -0.1) is 18.3 Å². The molecule has 0 fully saturated rings. The van der Waals surface area contributed by atoms with Crippen LogP contribution in [0.1, 0.15) is 18.0 Å². The van der Waals surface area contributed by atoms with Gasteiger partial charge in [-0.1, -0.05) is 24.3 Å². The molecule has 0 aromatic heterocycles. The summed E-state index contributed by atoms with van der Waals surface area (Å²) in [6.45, 7) is 3.69. The van der Waals surface area contributed by atoms with Crippen LogP contribution in [0.3, 0.4) is 0 Å². The topological polar surface area (TPSA) is 26.0 Å². The van der Waals surface area contributed by atoms with Crippen molar-refractivity contribution in [1.82, 2.24) is 0 Å². The maximum atomic E-state index is 6.00. The maximum absolute atomic E-state index is 6.00. The molecule has 0 spiro atoms. The lowest BCUT2D eigenvalue weighted by atomic mass is 10.1. The number of thioether (sulfide) groups is 1. The molecule has 0 heterocycles. The normalized spacial score (nSPS) is 12.5. The average Bonchev–Trinajstić information content (AvgIpc) is 2.18. The molecule has 1 nitrogen and oxygen atoms in total. The molecule has 0 saturated heterocycles. The van der Waals surface area contributed by atoms with Gasteiger partial charge in [-0.2, -0.15) is 0 Å². The Hall–Kier alpha value is -0.730. The molecular weight excluding hydrogens is 178 g/mol. The summed E-state index contributed by atoms with van der Waals surface area (Å²) >= 11 is 1.74. The van der Waals surface area contributed by atoms with Gasteiger partial charge in [0, 0.05) is 10.9 Å². The van der Waals surface area contributed by atoms with Crippen molar-refractivity contribution in [1.29, 1.82) is 0 Å². The second kappa shape index (κ2) is 5.10. The smallest absolute Gasteiger partial charge is 0.0340 e. The summed E-state index contributed by atoms with van der Waals surface area (Å²) in [4.78, 5) is 1.26. The third kappa shape index (κ3) is 2.61. The van der Waals surface area contributed by atoms with Crippen molar-refractivity contribution in [2.75, 3.05) is 6.26 Å². The van der Waals surface area contributed by atoms with Crippen LogP contribution in [0, 0.1) is 0 Å². The molecule has 1 aromatic carbocycles. The largest absolute Gasteiger partial charge is 0.324 e. The Bertz CT molecular complexity index is 283. The Balaban J connectivity index is 2.91. The van der Waals surface area contributed by atoms with Gasteiger partial charge < -0.3 is 5.73 Å². The van der Waals surface area contributed by atoms with E-state index in [9.17, 15) is 0 Å². The lowest BCUT2D eigenvalue weighted by molar-refractivity contribution is 0.726. The molecule has 0 unspecified atom stereocenters. The molecule has 0 aliphatic heterocycles. The first-order chi connectivity index (χ1) is 6.29. The SMILES string of the molecule is C=CC[C@@H](N)c1ccccc1SC. The Labute approximate surface area is 84.0 Å². The van der Waals surface area contributed by atoms with E-state index in [0.717, 1.165) is 6.42 Å². The second-order valence-corrected chi connectivity index (χ2v) is 3.72. The van der Waals surface area contributed by atoms with Crippen LogP contribution in [-0.4, -0.2) is 6.26 Å². The molecule has 2 heteroatoms. The van der Waals surface area contributed by atoms with Gasteiger partial charge in [0.1, 0.15) is 0 Å². The Morgan fingerprint density at radius 1 is 1.54 bits per heavy atom. The molecule has 13 heavy (non-hydrogen) atoms. The molecular formula is C11H15NS. The summed E-state index contributed by atoms with van der Waals surface area (Å²) in [7, 11) is 0. The quantitative estimate of drug-likeness (QED) is 0.587. The van der Waals surface area contributed by atoms with E-state index in [1.807, 2.05) is 18.2 Å². The minimum absolute atomic E-state index is 0.0844. The fourth-order valence-electron chi connectivity index (χ4n) is 1.28. The van der Waals surface area contributed by atoms with E-state index in [0.29, 0.717) is 0 Å². The fourth-order valence-corrected chi connectivity index (χ4v) is 1.95. The van der Waals surface area contributed by atoms with Crippen LogP contribution >= 0.6 is 11.8 Å². The molecule has 0 radical (unpaired) electrons. The third-order valence-corrected chi connectivity index (χ3v) is 2.77. The monoisotopic (exact) mass is 193 g/mol. The van der Waals surface area contributed by atoms with Crippen molar-refractivity contribution >= 4 is 11.8 Å². The van der Waals surface area contributed by atoms with Crippen molar-refractivity contribution in [3.63, 3.8) is 0 Å². The lowest BCUT2D eigenvalue weighted by Gasteiger charge is -2.12. The van der Waals surface area contributed by atoms with Crippen molar-refractivity contribution in [3.05, 3.63) is 42.5 Å². The number of benzene rings is 1. The van der Waals surface area contributed by atoms with Gasteiger partial charge >= 0.3 is 0 Å². The second-order valence-electron chi connectivity index (χ2n) is 2.87. The van der Waals surface area contributed by atoms with Crippen LogP contribution < -0.4 is 5.73 Å². The van der Waals surface area contributed by atoms with Gasteiger partial charge in [0.2, 0.25) is 0 Å². The van der Waals surface area contributed by atoms with Gasteiger partial charge in [0.05, 0.1) is 0 Å². The maximum Gasteiger partial charge on any atom is 0.0340 e. The number of rotatable bonds is 4. The van der Waals surface area contributed by atoms with Crippen LogP contribution in [0.5, 0.6) is 0 Å². The molecule has 1 atom stereocenters.